The molecule has 0 aliphatic rings. The van der Waals surface area contributed by atoms with Crippen molar-refractivity contribution >= 4 is 17.8 Å². The lowest BCUT2D eigenvalue weighted by Crippen LogP contribution is -2.40. The van der Waals surface area contributed by atoms with Crippen molar-refractivity contribution in [2.24, 2.45) is 5.73 Å². The highest BCUT2D eigenvalue weighted by Gasteiger charge is 2.18. The van der Waals surface area contributed by atoms with Crippen molar-refractivity contribution in [2.45, 2.75) is 187 Å². The number of hydrogen-bond acceptors (Lipinski definition) is 5. The standard InChI is InChI=1S/C49H80N2O5/c1-3-5-7-9-11-13-14-15-16-17-18-19-20-21-22-23-24-25-27-33-37-43-48(53)56-45(39-34-30-26-12-10-8-6-4-2)40-35-31-28-29-32-36-42-47(52)51-46(49(54)55)41-38-44-50/h5-8,11-13,15-16,18-19,21-22,26,34,39,45-46H,3-4,9-10,14,17,20,23-25,27-33,35-38,40-44,50H2,1-2H3,(H,51,52)(H,54,55)/b7-5-,8-6-,13-11-,16-15-,19-18-,22-21-,26-12-,39-34-. The molecule has 1 amide bonds. The number of hydrogen-bond donors (Lipinski definition) is 3. The lowest BCUT2D eigenvalue weighted by Gasteiger charge is -2.15. The molecule has 2 atom stereocenters. The smallest absolute Gasteiger partial charge is 0.326 e. The summed E-state index contributed by atoms with van der Waals surface area (Å²) in [6.07, 6.45) is 57.6. The van der Waals surface area contributed by atoms with Gasteiger partial charge in [0.05, 0.1) is 0 Å². The van der Waals surface area contributed by atoms with Gasteiger partial charge in [0, 0.05) is 12.8 Å². The number of carboxylic acid groups (broad SMARTS) is 1. The number of nitrogens with one attached hydrogen (secondary N) is 1. The van der Waals surface area contributed by atoms with Gasteiger partial charge in [-0.2, -0.15) is 0 Å². The average Bonchev–Trinajstić information content (AvgIpc) is 3.18. The maximum absolute atomic E-state index is 12.7. The Labute approximate surface area is 342 Å². The second-order valence-corrected chi connectivity index (χ2v) is 14.3. The van der Waals surface area contributed by atoms with Crippen molar-refractivity contribution in [1.82, 2.24) is 5.32 Å². The lowest BCUT2D eigenvalue weighted by molar-refractivity contribution is -0.147. The molecule has 0 saturated heterocycles. The van der Waals surface area contributed by atoms with E-state index >= 15 is 0 Å². The summed E-state index contributed by atoms with van der Waals surface area (Å²) in [4.78, 5) is 36.2. The van der Waals surface area contributed by atoms with Crippen LogP contribution in [0, 0.1) is 0 Å². The Hall–Kier alpha value is -3.71. The monoisotopic (exact) mass is 777 g/mol. The molecule has 0 aromatic carbocycles. The molecule has 0 heterocycles. The molecule has 0 aliphatic heterocycles. The van der Waals surface area contributed by atoms with Crippen LogP contribution in [0.3, 0.4) is 0 Å². The minimum atomic E-state index is -1.01. The zero-order valence-corrected chi connectivity index (χ0v) is 35.4. The number of ether oxygens (including phenoxy) is 1. The van der Waals surface area contributed by atoms with E-state index in [0.717, 1.165) is 122 Å². The Kier molecular flexibility index (Phi) is 39.6. The Morgan fingerprint density at radius 1 is 0.536 bits per heavy atom. The first-order chi connectivity index (χ1) is 27.4. The Morgan fingerprint density at radius 2 is 0.982 bits per heavy atom. The predicted octanol–water partition coefficient (Wildman–Crippen LogP) is 12.7. The van der Waals surface area contributed by atoms with Gasteiger partial charge in [-0.15, -0.1) is 0 Å². The summed E-state index contributed by atoms with van der Waals surface area (Å²) in [7, 11) is 0. The largest absolute Gasteiger partial charge is 0.480 e. The third-order valence-electron chi connectivity index (χ3n) is 9.13. The van der Waals surface area contributed by atoms with Crippen molar-refractivity contribution in [3.8, 4) is 0 Å². The third kappa shape index (κ3) is 38.6. The molecule has 0 saturated carbocycles. The van der Waals surface area contributed by atoms with Gasteiger partial charge in [0.2, 0.25) is 5.91 Å². The van der Waals surface area contributed by atoms with E-state index < -0.39 is 12.0 Å². The van der Waals surface area contributed by atoms with E-state index in [4.69, 9.17) is 10.5 Å². The molecule has 7 nitrogen and oxygen atoms in total. The molecule has 0 fully saturated rings. The van der Waals surface area contributed by atoms with E-state index in [9.17, 15) is 19.5 Å². The van der Waals surface area contributed by atoms with Crippen LogP contribution in [0.15, 0.2) is 97.2 Å². The molecule has 0 aromatic rings. The number of aliphatic carboxylic acids is 1. The molecule has 0 rings (SSSR count). The van der Waals surface area contributed by atoms with E-state index in [-0.39, 0.29) is 18.0 Å². The number of amides is 1. The van der Waals surface area contributed by atoms with Gasteiger partial charge in [-0.1, -0.05) is 150 Å². The second-order valence-electron chi connectivity index (χ2n) is 14.3. The molecule has 0 aromatic heterocycles. The lowest BCUT2D eigenvalue weighted by atomic mass is 10.0. The topological polar surface area (TPSA) is 119 Å². The first kappa shape index (κ1) is 52.3. The first-order valence-corrected chi connectivity index (χ1v) is 22.1. The molecule has 2 unspecified atom stereocenters. The highest BCUT2D eigenvalue weighted by molar-refractivity contribution is 5.83. The van der Waals surface area contributed by atoms with E-state index in [1.165, 1.54) is 12.8 Å². The molecule has 0 aliphatic carbocycles. The summed E-state index contributed by atoms with van der Waals surface area (Å²) in [5.74, 6) is -1.33. The van der Waals surface area contributed by atoms with Crippen molar-refractivity contribution in [2.75, 3.05) is 6.54 Å². The van der Waals surface area contributed by atoms with Gasteiger partial charge < -0.3 is 20.9 Å². The Bertz CT molecular complexity index is 1190. The molecule has 7 heteroatoms. The van der Waals surface area contributed by atoms with Gasteiger partial charge in [-0.3, -0.25) is 9.59 Å². The number of esters is 1. The van der Waals surface area contributed by atoms with Crippen molar-refractivity contribution < 1.29 is 24.2 Å². The molecular formula is C49H80N2O5. The number of unbranched alkanes of at least 4 members (excludes halogenated alkanes) is 10. The number of carbonyl (C=O) groups is 3. The fraction of sp³-hybridized carbons (Fsp3) is 0.612. The Morgan fingerprint density at radius 3 is 1.50 bits per heavy atom. The van der Waals surface area contributed by atoms with Gasteiger partial charge in [-0.25, -0.2) is 4.79 Å². The number of carboxylic acids is 1. The van der Waals surface area contributed by atoms with Crippen molar-refractivity contribution in [3.63, 3.8) is 0 Å². The highest BCUT2D eigenvalue weighted by atomic mass is 16.5. The molecule has 0 bridgehead atoms. The second kappa shape index (κ2) is 42.4. The maximum atomic E-state index is 12.7. The van der Waals surface area contributed by atoms with Crippen molar-refractivity contribution in [1.29, 1.82) is 0 Å². The van der Waals surface area contributed by atoms with Crippen LogP contribution in [-0.2, 0) is 19.1 Å². The van der Waals surface area contributed by atoms with Crippen LogP contribution in [0.4, 0.5) is 0 Å². The van der Waals surface area contributed by atoms with Crippen LogP contribution >= 0.6 is 0 Å². The first-order valence-electron chi connectivity index (χ1n) is 22.1. The fourth-order valence-corrected chi connectivity index (χ4v) is 5.88. The maximum Gasteiger partial charge on any atom is 0.326 e. The van der Waals surface area contributed by atoms with Gasteiger partial charge in [0.1, 0.15) is 12.1 Å². The normalized spacial score (nSPS) is 13.6. The minimum Gasteiger partial charge on any atom is -0.480 e. The van der Waals surface area contributed by atoms with Gasteiger partial charge in [0.25, 0.3) is 0 Å². The summed E-state index contributed by atoms with van der Waals surface area (Å²) >= 11 is 0. The number of allylic oxidation sites excluding steroid dienone is 15. The predicted molar refractivity (Wildman–Crippen MR) is 238 cm³/mol. The molecule has 4 N–H and O–H groups in total. The van der Waals surface area contributed by atoms with Crippen molar-refractivity contribution in [3.05, 3.63) is 97.2 Å². The number of carbonyl (C=O) groups excluding carboxylic acids is 2. The quantitative estimate of drug-likeness (QED) is 0.0326. The summed E-state index contributed by atoms with van der Waals surface area (Å²) in [5.41, 5.74) is 5.47. The zero-order valence-electron chi connectivity index (χ0n) is 35.4. The SMILES string of the molecule is CC/C=C\C/C=C\C/C=C\C/C=C\C/C=C\CCCCCCCC(=O)OC(/C=C\C/C=C\C/C=C\CC)CCCCCCCCC(=O)NC(CCCN)C(=O)O. The molecular weight excluding hydrogens is 697 g/mol. The summed E-state index contributed by atoms with van der Waals surface area (Å²) in [6, 6.07) is -0.864. The molecule has 316 valence electrons. The van der Waals surface area contributed by atoms with E-state index in [2.05, 4.69) is 116 Å². The number of rotatable bonds is 38. The molecule has 56 heavy (non-hydrogen) atoms. The summed E-state index contributed by atoms with van der Waals surface area (Å²) < 4.78 is 5.92. The van der Waals surface area contributed by atoms with Crippen LogP contribution in [0.5, 0.6) is 0 Å². The highest BCUT2D eigenvalue weighted by Crippen LogP contribution is 2.15. The number of nitrogens with two attached hydrogens (primary N) is 1. The zero-order chi connectivity index (χ0) is 41.0. The molecule has 0 radical (unpaired) electrons. The van der Waals surface area contributed by atoms with Crippen LogP contribution in [0.2, 0.25) is 0 Å². The summed E-state index contributed by atoms with van der Waals surface area (Å²) in [5, 5.41) is 11.9. The summed E-state index contributed by atoms with van der Waals surface area (Å²) in [6.45, 7) is 4.69. The van der Waals surface area contributed by atoms with Crippen LogP contribution < -0.4 is 11.1 Å². The van der Waals surface area contributed by atoms with Gasteiger partial charge in [0.15, 0.2) is 0 Å². The average molecular weight is 777 g/mol. The fourth-order valence-electron chi connectivity index (χ4n) is 5.88. The Balaban J connectivity index is 4.29. The minimum absolute atomic E-state index is 0.106. The molecule has 0 spiro atoms. The van der Waals surface area contributed by atoms with Crippen LogP contribution in [-0.4, -0.2) is 41.6 Å². The van der Waals surface area contributed by atoms with Crippen LogP contribution in [0.1, 0.15) is 174 Å². The van der Waals surface area contributed by atoms with E-state index in [1.807, 2.05) is 0 Å². The van der Waals surface area contributed by atoms with E-state index in [0.29, 0.717) is 32.2 Å². The van der Waals surface area contributed by atoms with Gasteiger partial charge in [-0.05, 0) is 115 Å². The van der Waals surface area contributed by atoms with E-state index in [1.54, 1.807) is 0 Å². The third-order valence-corrected chi connectivity index (χ3v) is 9.13. The van der Waals surface area contributed by atoms with Gasteiger partial charge >= 0.3 is 11.9 Å². The van der Waals surface area contributed by atoms with Crippen LogP contribution in [0.25, 0.3) is 0 Å².